The van der Waals surface area contributed by atoms with E-state index in [-0.39, 0.29) is 28.6 Å². The molecule has 3 atom stereocenters. The predicted molar refractivity (Wildman–Crippen MR) is 113 cm³/mol. The molecule has 0 amide bonds. The van der Waals surface area contributed by atoms with Crippen molar-refractivity contribution in [3.63, 3.8) is 0 Å². The lowest BCUT2D eigenvalue weighted by Crippen LogP contribution is -2.28. The highest BCUT2D eigenvalue weighted by Gasteiger charge is 2.38. The number of nitrogens with one attached hydrogen (secondary N) is 1. The Morgan fingerprint density at radius 3 is 2.43 bits per heavy atom. The monoisotopic (exact) mass is 484 g/mol. The molecular weight excluding hydrogens is 468 g/mol. The zero-order chi connectivity index (χ0) is 24.9. The third-order valence-corrected chi connectivity index (χ3v) is 6.21. The van der Waals surface area contributed by atoms with Crippen LogP contribution in [0.4, 0.5) is 17.6 Å². The normalized spacial score (nSPS) is 18.7. The number of aromatic amines is 1. The minimum atomic E-state index is -4.58. The topological polar surface area (TPSA) is 126 Å². The molecule has 1 aliphatic rings. The van der Waals surface area contributed by atoms with Gasteiger partial charge in [-0.1, -0.05) is 6.07 Å². The molecule has 1 saturated carbocycles. The molecule has 13 heteroatoms. The van der Waals surface area contributed by atoms with Gasteiger partial charge < -0.3 is 4.98 Å². The van der Waals surface area contributed by atoms with Crippen molar-refractivity contribution in [3.8, 4) is 6.07 Å². The van der Waals surface area contributed by atoms with E-state index in [9.17, 15) is 27.6 Å². The van der Waals surface area contributed by atoms with Gasteiger partial charge in [0.15, 0.2) is 17.2 Å². The molecule has 0 spiro atoms. The van der Waals surface area contributed by atoms with Gasteiger partial charge in [-0.05, 0) is 31.4 Å². The third-order valence-electron chi connectivity index (χ3n) is 6.21. The first-order valence-electron chi connectivity index (χ1n) is 10.6. The lowest BCUT2D eigenvalue weighted by Gasteiger charge is -2.34. The molecule has 0 aromatic carbocycles. The molecule has 0 unspecified atom stereocenters. The molecule has 0 bridgehead atoms. The summed E-state index contributed by atoms with van der Waals surface area (Å²) >= 11 is 0. The third kappa shape index (κ3) is 3.90. The maximum atomic E-state index is 13.2. The van der Waals surface area contributed by atoms with Crippen LogP contribution in [-0.2, 0) is 6.18 Å². The molecule has 1 fully saturated rings. The highest BCUT2D eigenvalue weighted by molar-refractivity contribution is 5.80. The molecule has 35 heavy (non-hydrogen) atoms. The van der Waals surface area contributed by atoms with E-state index in [0.717, 1.165) is 24.7 Å². The summed E-state index contributed by atoms with van der Waals surface area (Å²) in [5.41, 5.74) is -1.24. The van der Waals surface area contributed by atoms with E-state index in [1.807, 2.05) is 6.07 Å². The van der Waals surface area contributed by atoms with Crippen molar-refractivity contribution in [1.82, 2.24) is 34.7 Å². The smallest absolute Gasteiger partial charge is 0.310 e. The number of hydrogen-bond donors (Lipinski definition) is 1. The van der Waals surface area contributed by atoms with Crippen LogP contribution in [-0.4, -0.2) is 34.7 Å². The minimum Gasteiger partial charge on any atom is -0.310 e. The highest BCUT2D eigenvalue weighted by atomic mass is 19.4. The van der Waals surface area contributed by atoms with E-state index in [2.05, 4.69) is 30.0 Å². The van der Waals surface area contributed by atoms with Crippen LogP contribution in [0.5, 0.6) is 0 Å². The van der Waals surface area contributed by atoms with Gasteiger partial charge >= 0.3 is 6.18 Å². The first-order valence-corrected chi connectivity index (χ1v) is 10.6. The van der Waals surface area contributed by atoms with Crippen molar-refractivity contribution in [2.75, 3.05) is 0 Å². The lowest BCUT2D eigenvalue weighted by atomic mass is 9.72. The number of pyridine rings is 1. The number of H-pyrrole nitrogens is 1. The summed E-state index contributed by atoms with van der Waals surface area (Å²) in [6.07, 6.45) is 0.0442. The summed E-state index contributed by atoms with van der Waals surface area (Å²) in [5, 5.41) is 13.7. The van der Waals surface area contributed by atoms with E-state index >= 15 is 0 Å². The molecule has 0 saturated heterocycles. The molecule has 9 nitrogen and oxygen atoms in total. The Morgan fingerprint density at radius 1 is 1.14 bits per heavy atom. The van der Waals surface area contributed by atoms with Crippen molar-refractivity contribution in [3.05, 3.63) is 75.5 Å². The Hall–Kier alpha value is -4.21. The van der Waals surface area contributed by atoms with Crippen LogP contribution in [0, 0.1) is 17.1 Å². The Morgan fingerprint density at radius 2 is 1.86 bits per heavy atom. The predicted octanol–water partition coefficient (Wildman–Crippen LogP) is 3.60. The zero-order valence-corrected chi connectivity index (χ0v) is 18.1. The molecule has 4 aromatic rings. The fraction of sp³-hybridized carbons (Fsp3) is 0.318. The molecule has 0 radical (unpaired) electrons. The number of rotatable bonds is 4. The number of hydrogen-bond acceptors (Lipinski definition) is 7. The summed E-state index contributed by atoms with van der Waals surface area (Å²) in [5.74, 6) is -0.206. The zero-order valence-electron chi connectivity index (χ0n) is 18.1. The van der Waals surface area contributed by atoms with Gasteiger partial charge in [-0.25, -0.2) is 24.0 Å². The quantitative estimate of drug-likeness (QED) is 0.439. The van der Waals surface area contributed by atoms with Gasteiger partial charge in [0, 0.05) is 18.0 Å². The van der Waals surface area contributed by atoms with Crippen LogP contribution in [0.25, 0.3) is 11.0 Å². The van der Waals surface area contributed by atoms with E-state index in [4.69, 9.17) is 0 Å². The summed E-state index contributed by atoms with van der Waals surface area (Å²) in [6, 6.07) is 3.32. The number of nitrogens with zero attached hydrogens (tertiary/aromatic N) is 7. The number of nitriles is 1. The van der Waals surface area contributed by atoms with E-state index < -0.39 is 29.3 Å². The van der Waals surface area contributed by atoms with Crippen molar-refractivity contribution >= 4 is 11.0 Å². The molecule has 4 aromatic heterocycles. The molecule has 1 aliphatic carbocycles. The summed E-state index contributed by atoms with van der Waals surface area (Å²) in [7, 11) is 0. The van der Waals surface area contributed by atoms with Gasteiger partial charge in [0.2, 0.25) is 0 Å². The first kappa shape index (κ1) is 22.6. The molecule has 0 aliphatic heterocycles. The van der Waals surface area contributed by atoms with Gasteiger partial charge in [0.05, 0.1) is 18.4 Å². The molecule has 4 heterocycles. The van der Waals surface area contributed by atoms with E-state index in [0.29, 0.717) is 30.1 Å². The lowest BCUT2D eigenvalue weighted by molar-refractivity contribution is -0.141. The van der Waals surface area contributed by atoms with Crippen molar-refractivity contribution in [2.45, 2.75) is 43.8 Å². The maximum Gasteiger partial charge on any atom is 0.433 e. The van der Waals surface area contributed by atoms with Crippen LogP contribution < -0.4 is 5.56 Å². The van der Waals surface area contributed by atoms with E-state index in [1.54, 1.807) is 6.92 Å². The van der Waals surface area contributed by atoms with Crippen LogP contribution in [0.1, 0.15) is 66.2 Å². The fourth-order valence-electron chi connectivity index (χ4n) is 4.20. The van der Waals surface area contributed by atoms with Crippen molar-refractivity contribution in [2.24, 2.45) is 0 Å². The molecule has 1 N–H and O–H groups in total. The Labute approximate surface area is 194 Å². The van der Waals surface area contributed by atoms with Gasteiger partial charge in [-0.15, -0.1) is 0 Å². The second-order valence-corrected chi connectivity index (χ2v) is 8.26. The maximum absolute atomic E-state index is 13.2. The largest absolute Gasteiger partial charge is 0.433 e. The Bertz CT molecular complexity index is 1500. The summed E-state index contributed by atoms with van der Waals surface area (Å²) < 4.78 is 53.2. The van der Waals surface area contributed by atoms with Gasteiger partial charge in [0.25, 0.3) is 5.56 Å². The highest BCUT2D eigenvalue weighted by Crippen LogP contribution is 2.46. The number of alkyl halides is 3. The van der Waals surface area contributed by atoms with Gasteiger partial charge in [-0.2, -0.15) is 23.5 Å². The van der Waals surface area contributed by atoms with Gasteiger partial charge in [0.1, 0.15) is 28.8 Å². The van der Waals surface area contributed by atoms with Crippen LogP contribution in [0.3, 0.4) is 0 Å². The molecular formula is C22H16F4N8O. The van der Waals surface area contributed by atoms with Crippen LogP contribution in [0.2, 0.25) is 0 Å². The van der Waals surface area contributed by atoms with Gasteiger partial charge in [-0.3, -0.25) is 9.78 Å². The minimum absolute atomic E-state index is 0.0168. The standard InChI is InChI=1S/C22H16F4N8O/c1-10(11-2-5-16(28-7-11)22(24,25)26)34-20-17(15(6-27)33-34)21(35)32-19(31-20)14-4-3-13(14)18-29-8-12(23)9-30-18/h2,5,7-10,13-14H,3-4H2,1H3,(H,31,32,35)/t10-,13+,14+/m1/s1. The van der Waals surface area contributed by atoms with Crippen molar-refractivity contribution < 1.29 is 17.6 Å². The fourth-order valence-corrected chi connectivity index (χ4v) is 4.20. The first-order chi connectivity index (χ1) is 16.7. The second kappa shape index (κ2) is 8.23. The Balaban J connectivity index is 1.56. The summed E-state index contributed by atoms with van der Waals surface area (Å²) in [4.78, 5) is 31.8. The SMILES string of the molecule is C[C@H](c1ccc(C(F)(F)F)nc1)n1nc(C#N)c2c(=O)[nH]c([C@H]3CC[C@@H]3c3ncc(F)cn3)nc21. The van der Waals surface area contributed by atoms with E-state index in [1.165, 1.54) is 10.7 Å². The second-order valence-electron chi connectivity index (χ2n) is 8.26. The number of aromatic nitrogens is 7. The molecule has 5 rings (SSSR count). The Kier molecular flexibility index (Phi) is 5.31. The number of halogens is 4. The van der Waals surface area contributed by atoms with Crippen molar-refractivity contribution in [1.29, 1.82) is 5.26 Å². The average Bonchev–Trinajstić information content (AvgIpc) is 3.18. The molecule has 178 valence electrons. The van der Waals surface area contributed by atoms with Crippen LogP contribution in [0.15, 0.2) is 35.5 Å². The average molecular weight is 484 g/mol. The van der Waals surface area contributed by atoms with Crippen LogP contribution >= 0.6 is 0 Å². The number of fused-ring (bicyclic) bond motifs is 1. The summed E-state index contributed by atoms with van der Waals surface area (Å²) in [6.45, 7) is 1.65.